The predicted molar refractivity (Wildman–Crippen MR) is 75.5 cm³/mol. The summed E-state index contributed by atoms with van der Waals surface area (Å²) in [6.07, 6.45) is 5.46. The standard InChI is InChI=1S/C16H24N2/c1-2-14-8-5-6-10-18(14)16-12-17-11-13-7-3-4-9-15(13)16/h3-4,7,9,14,16-17H,2,5-6,8,10-12H2,1H3. The molecule has 1 aromatic rings. The lowest BCUT2D eigenvalue weighted by molar-refractivity contribution is 0.0861. The van der Waals surface area contributed by atoms with Crippen molar-refractivity contribution in [1.29, 1.82) is 0 Å². The van der Waals surface area contributed by atoms with Gasteiger partial charge in [0.1, 0.15) is 0 Å². The topological polar surface area (TPSA) is 15.3 Å². The fourth-order valence-corrected chi connectivity index (χ4v) is 3.64. The molecule has 2 heteroatoms. The van der Waals surface area contributed by atoms with Gasteiger partial charge in [0.15, 0.2) is 0 Å². The van der Waals surface area contributed by atoms with Crippen LogP contribution in [0.5, 0.6) is 0 Å². The van der Waals surface area contributed by atoms with Gasteiger partial charge in [-0.05, 0) is 36.9 Å². The SMILES string of the molecule is CCC1CCCCN1C1CNCc2ccccc21. The van der Waals surface area contributed by atoms with E-state index in [2.05, 4.69) is 41.4 Å². The quantitative estimate of drug-likeness (QED) is 0.860. The van der Waals surface area contributed by atoms with E-state index in [0.717, 1.165) is 19.1 Å². The molecule has 2 aliphatic heterocycles. The van der Waals surface area contributed by atoms with Crippen LogP contribution in [-0.2, 0) is 6.54 Å². The molecule has 0 aromatic heterocycles. The zero-order valence-electron chi connectivity index (χ0n) is 11.4. The number of benzene rings is 1. The monoisotopic (exact) mass is 244 g/mol. The maximum Gasteiger partial charge on any atom is 0.0478 e. The minimum Gasteiger partial charge on any atom is -0.311 e. The summed E-state index contributed by atoms with van der Waals surface area (Å²) >= 11 is 0. The molecule has 1 fully saturated rings. The van der Waals surface area contributed by atoms with Crippen LogP contribution in [0, 0.1) is 0 Å². The normalized spacial score (nSPS) is 28.9. The van der Waals surface area contributed by atoms with E-state index in [-0.39, 0.29) is 0 Å². The number of piperidine rings is 1. The summed E-state index contributed by atoms with van der Waals surface area (Å²) in [4.78, 5) is 2.76. The summed E-state index contributed by atoms with van der Waals surface area (Å²) in [5.41, 5.74) is 3.06. The highest BCUT2D eigenvalue weighted by atomic mass is 15.2. The fraction of sp³-hybridized carbons (Fsp3) is 0.625. The van der Waals surface area contributed by atoms with Crippen LogP contribution in [0.4, 0.5) is 0 Å². The molecule has 1 aromatic carbocycles. The number of fused-ring (bicyclic) bond motifs is 1. The average Bonchev–Trinajstić information content (AvgIpc) is 2.46. The molecule has 18 heavy (non-hydrogen) atoms. The summed E-state index contributed by atoms with van der Waals surface area (Å²) < 4.78 is 0. The molecule has 2 atom stereocenters. The number of hydrogen-bond acceptors (Lipinski definition) is 2. The summed E-state index contributed by atoms with van der Waals surface area (Å²) in [7, 11) is 0. The molecule has 0 bridgehead atoms. The van der Waals surface area contributed by atoms with Crippen LogP contribution in [0.15, 0.2) is 24.3 Å². The van der Waals surface area contributed by atoms with Gasteiger partial charge in [0.2, 0.25) is 0 Å². The van der Waals surface area contributed by atoms with Gasteiger partial charge in [0.05, 0.1) is 0 Å². The Morgan fingerprint density at radius 1 is 1.28 bits per heavy atom. The highest BCUT2D eigenvalue weighted by Crippen LogP contribution is 2.33. The Hall–Kier alpha value is -0.860. The largest absolute Gasteiger partial charge is 0.311 e. The van der Waals surface area contributed by atoms with Gasteiger partial charge < -0.3 is 5.32 Å². The van der Waals surface area contributed by atoms with Gasteiger partial charge >= 0.3 is 0 Å². The summed E-state index contributed by atoms with van der Waals surface area (Å²) in [5, 5.41) is 3.59. The van der Waals surface area contributed by atoms with Crippen molar-refractivity contribution in [2.24, 2.45) is 0 Å². The van der Waals surface area contributed by atoms with Crippen LogP contribution in [0.25, 0.3) is 0 Å². The molecule has 0 amide bonds. The minimum absolute atomic E-state index is 0.597. The minimum atomic E-state index is 0.597. The van der Waals surface area contributed by atoms with E-state index in [1.54, 1.807) is 5.56 Å². The molecule has 2 aliphatic rings. The van der Waals surface area contributed by atoms with Crippen molar-refractivity contribution >= 4 is 0 Å². The summed E-state index contributed by atoms with van der Waals surface area (Å²) in [6.45, 7) is 5.77. The van der Waals surface area contributed by atoms with Gasteiger partial charge in [0.25, 0.3) is 0 Å². The van der Waals surface area contributed by atoms with Crippen molar-refractivity contribution in [3.63, 3.8) is 0 Å². The van der Waals surface area contributed by atoms with Crippen LogP contribution in [0.2, 0.25) is 0 Å². The van der Waals surface area contributed by atoms with Crippen molar-refractivity contribution in [2.75, 3.05) is 13.1 Å². The molecule has 2 unspecified atom stereocenters. The second-order valence-electron chi connectivity index (χ2n) is 5.64. The van der Waals surface area contributed by atoms with E-state index in [1.165, 1.54) is 37.8 Å². The molecular formula is C16H24N2. The van der Waals surface area contributed by atoms with Crippen molar-refractivity contribution in [3.05, 3.63) is 35.4 Å². The molecule has 1 N–H and O–H groups in total. The Kier molecular flexibility index (Phi) is 3.67. The van der Waals surface area contributed by atoms with Crippen LogP contribution in [0.1, 0.15) is 49.8 Å². The Labute approximate surface area is 110 Å². The molecule has 98 valence electrons. The lowest BCUT2D eigenvalue weighted by atomic mass is 9.91. The molecule has 0 spiro atoms. The fourth-order valence-electron chi connectivity index (χ4n) is 3.64. The molecule has 2 heterocycles. The highest BCUT2D eigenvalue weighted by Gasteiger charge is 2.31. The van der Waals surface area contributed by atoms with Gasteiger partial charge in [-0.15, -0.1) is 0 Å². The molecule has 0 aliphatic carbocycles. The van der Waals surface area contributed by atoms with Crippen molar-refractivity contribution in [1.82, 2.24) is 10.2 Å². The number of nitrogens with zero attached hydrogens (tertiary/aromatic N) is 1. The lowest BCUT2D eigenvalue weighted by Crippen LogP contribution is -2.47. The second-order valence-corrected chi connectivity index (χ2v) is 5.64. The van der Waals surface area contributed by atoms with Gasteiger partial charge in [-0.1, -0.05) is 37.6 Å². The predicted octanol–water partition coefficient (Wildman–Crippen LogP) is 3.10. The third-order valence-corrected chi connectivity index (χ3v) is 4.61. The van der Waals surface area contributed by atoms with Gasteiger partial charge in [-0.25, -0.2) is 0 Å². The van der Waals surface area contributed by atoms with Crippen LogP contribution in [0.3, 0.4) is 0 Å². The maximum atomic E-state index is 3.59. The van der Waals surface area contributed by atoms with E-state index >= 15 is 0 Å². The number of rotatable bonds is 2. The Bertz CT molecular complexity index is 402. The van der Waals surface area contributed by atoms with E-state index < -0.39 is 0 Å². The van der Waals surface area contributed by atoms with E-state index in [4.69, 9.17) is 0 Å². The first-order valence-electron chi connectivity index (χ1n) is 7.44. The highest BCUT2D eigenvalue weighted by molar-refractivity contribution is 5.32. The number of likely N-dealkylation sites (tertiary alicyclic amines) is 1. The summed E-state index contributed by atoms with van der Waals surface area (Å²) in [5.74, 6) is 0. The third-order valence-electron chi connectivity index (χ3n) is 4.61. The molecular weight excluding hydrogens is 220 g/mol. The zero-order chi connectivity index (χ0) is 12.4. The molecule has 0 saturated carbocycles. The smallest absolute Gasteiger partial charge is 0.0478 e. The van der Waals surface area contributed by atoms with Gasteiger partial charge in [0, 0.05) is 25.2 Å². The van der Waals surface area contributed by atoms with Crippen molar-refractivity contribution in [3.8, 4) is 0 Å². The van der Waals surface area contributed by atoms with E-state index in [9.17, 15) is 0 Å². The lowest BCUT2D eigenvalue weighted by Gasteiger charge is -2.43. The number of hydrogen-bond donors (Lipinski definition) is 1. The summed E-state index contributed by atoms with van der Waals surface area (Å²) in [6, 6.07) is 10.4. The molecule has 1 saturated heterocycles. The molecule has 2 nitrogen and oxygen atoms in total. The molecule has 0 radical (unpaired) electrons. The van der Waals surface area contributed by atoms with Crippen LogP contribution >= 0.6 is 0 Å². The van der Waals surface area contributed by atoms with Crippen molar-refractivity contribution < 1.29 is 0 Å². The van der Waals surface area contributed by atoms with E-state index in [1.807, 2.05) is 0 Å². The van der Waals surface area contributed by atoms with Crippen LogP contribution in [-0.4, -0.2) is 24.0 Å². The van der Waals surface area contributed by atoms with Gasteiger partial charge in [-0.2, -0.15) is 0 Å². The Balaban J connectivity index is 1.88. The van der Waals surface area contributed by atoms with Crippen LogP contribution < -0.4 is 5.32 Å². The van der Waals surface area contributed by atoms with E-state index in [0.29, 0.717) is 6.04 Å². The zero-order valence-corrected chi connectivity index (χ0v) is 11.4. The second kappa shape index (κ2) is 5.41. The molecule has 3 rings (SSSR count). The van der Waals surface area contributed by atoms with Crippen molar-refractivity contribution in [2.45, 2.75) is 51.2 Å². The average molecular weight is 244 g/mol. The van der Waals surface area contributed by atoms with Gasteiger partial charge in [-0.3, -0.25) is 4.90 Å². The maximum absolute atomic E-state index is 3.59. The first-order valence-corrected chi connectivity index (χ1v) is 7.44. The first kappa shape index (κ1) is 12.2. The Morgan fingerprint density at radius 2 is 2.17 bits per heavy atom. The Morgan fingerprint density at radius 3 is 3.06 bits per heavy atom. The third kappa shape index (κ3) is 2.19. The first-order chi connectivity index (χ1) is 8.90. The number of nitrogens with one attached hydrogen (secondary N) is 1.